The van der Waals surface area contributed by atoms with Gasteiger partial charge in [0.25, 0.3) is 0 Å². The predicted molar refractivity (Wildman–Crippen MR) is 96.8 cm³/mol. The fraction of sp³-hybridized carbons (Fsp3) is 0.368. The average molecular weight is 380 g/mol. The van der Waals surface area contributed by atoms with Crippen LogP contribution in [0, 0.1) is 11.7 Å². The van der Waals surface area contributed by atoms with Crippen LogP contribution in [-0.4, -0.2) is 18.2 Å². The Labute approximate surface area is 155 Å². The molecule has 1 aromatic heterocycles. The summed E-state index contributed by atoms with van der Waals surface area (Å²) < 4.78 is 24.1. The lowest BCUT2D eigenvalue weighted by Crippen LogP contribution is -2.16. The van der Waals surface area contributed by atoms with Crippen molar-refractivity contribution in [3.8, 4) is 5.75 Å². The molecule has 1 aromatic carbocycles. The molecule has 5 nitrogen and oxygen atoms in total. The summed E-state index contributed by atoms with van der Waals surface area (Å²) in [6.45, 7) is 3.71. The van der Waals surface area contributed by atoms with Crippen LogP contribution >= 0.6 is 11.8 Å². The van der Waals surface area contributed by atoms with Crippen molar-refractivity contribution in [1.82, 2.24) is 0 Å². The zero-order valence-corrected chi connectivity index (χ0v) is 15.6. The molecule has 7 heteroatoms. The van der Waals surface area contributed by atoms with Crippen LogP contribution in [0.5, 0.6) is 5.75 Å². The third kappa shape index (κ3) is 4.88. The van der Waals surface area contributed by atoms with Crippen molar-refractivity contribution in [1.29, 1.82) is 0 Å². The van der Waals surface area contributed by atoms with E-state index >= 15 is 0 Å². The number of methoxy groups -OCH3 is 1. The fourth-order valence-electron chi connectivity index (χ4n) is 2.48. The van der Waals surface area contributed by atoms with Gasteiger partial charge in [0.2, 0.25) is 11.2 Å². The molecule has 0 aliphatic rings. The van der Waals surface area contributed by atoms with Gasteiger partial charge in [-0.25, -0.2) is 4.39 Å². The molecule has 0 amide bonds. The van der Waals surface area contributed by atoms with Crippen LogP contribution in [0.1, 0.15) is 37.7 Å². The Morgan fingerprint density at radius 3 is 2.65 bits per heavy atom. The van der Waals surface area contributed by atoms with E-state index in [9.17, 15) is 19.1 Å². The number of carbonyl (C=O) groups excluding carboxylic acids is 1. The second-order valence-electron chi connectivity index (χ2n) is 6.14. The van der Waals surface area contributed by atoms with Gasteiger partial charge in [-0.1, -0.05) is 26.0 Å². The van der Waals surface area contributed by atoms with E-state index < -0.39 is 23.1 Å². The van der Waals surface area contributed by atoms with Gasteiger partial charge in [-0.15, -0.1) is 11.8 Å². The summed E-state index contributed by atoms with van der Waals surface area (Å²) in [4.78, 5) is 24.2. The van der Waals surface area contributed by atoms with Crippen LogP contribution < -0.4 is 5.43 Å². The Morgan fingerprint density at radius 1 is 1.35 bits per heavy atom. The normalized spacial score (nSPS) is 12.2. The summed E-state index contributed by atoms with van der Waals surface area (Å²) in [5, 5.41) is 10.1. The Bertz CT molecular complexity index is 831. The van der Waals surface area contributed by atoms with Gasteiger partial charge in [-0.2, -0.15) is 0 Å². The highest BCUT2D eigenvalue weighted by molar-refractivity contribution is 7.98. The molecule has 1 atom stereocenters. The molecule has 26 heavy (non-hydrogen) atoms. The molecule has 0 spiro atoms. The molecule has 2 aromatic rings. The molecular formula is C19H21FO5S. The summed E-state index contributed by atoms with van der Waals surface area (Å²) in [6.07, 6.45) is -0.0193. The maximum Gasteiger partial charge on any atom is 0.306 e. The number of rotatable bonds is 7. The van der Waals surface area contributed by atoms with Crippen LogP contribution in [0.2, 0.25) is 0 Å². The minimum atomic E-state index is -0.592. The van der Waals surface area contributed by atoms with Gasteiger partial charge in [-0.05, 0) is 18.1 Å². The van der Waals surface area contributed by atoms with Gasteiger partial charge in [0.1, 0.15) is 11.6 Å². The van der Waals surface area contributed by atoms with E-state index in [1.807, 2.05) is 13.8 Å². The van der Waals surface area contributed by atoms with Crippen LogP contribution in [-0.2, 0) is 15.3 Å². The number of aromatic hydroxyl groups is 1. The number of hydrogen-bond acceptors (Lipinski definition) is 6. The Hall–Kier alpha value is -2.28. The second-order valence-corrected chi connectivity index (χ2v) is 7.16. The molecule has 140 valence electrons. The first-order valence-corrected chi connectivity index (χ1v) is 9.12. The molecule has 1 N–H and O–H groups in total. The van der Waals surface area contributed by atoms with Crippen LogP contribution in [0.4, 0.5) is 4.39 Å². The Morgan fingerprint density at radius 2 is 2.04 bits per heavy atom. The Balaban J connectivity index is 2.31. The molecule has 0 aliphatic heterocycles. The quantitative estimate of drug-likeness (QED) is 0.576. The molecule has 2 rings (SSSR count). The molecule has 0 fully saturated rings. The molecule has 0 aliphatic carbocycles. The first-order chi connectivity index (χ1) is 12.3. The third-order valence-corrected chi connectivity index (χ3v) is 5.03. The second kappa shape index (κ2) is 8.89. The minimum Gasteiger partial charge on any atom is -0.502 e. The molecule has 1 heterocycles. The zero-order valence-electron chi connectivity index (χ0n) is 14.8. The van der Waals surface area contributed by atoms with Gasteiger partial charge in [0.05, 0.1) is 19.3 Å². The highest BCUT2D eigenvalue weighted by Crippen LogP contribution is 2.34. The highest BCUT2D eigenvalue weighted by atomic mass is 32.2. The maximum absolute atomic E-state index is 13.7. The van der Waals surface area contributed by atoms with E-state index in [4.69, 9.17) is 4.42 Å². The number of hydrogen-bond donors (Lipinski definition) is 1. The van der Waals surface area contributed by atoms with Crippen molar-refractivity contribution < 1.29 is 23.4 Å². The number of ether oxygens (including phenoxy) is 1. The van der Waals surface area contributed by atoms with E-state index in [1.54, 1.807) is 18.2 Å². The molecule has 0 radical (unpaired) electrons. The first kappa shape index (κ1) is 20.0. The number of benzene rings is 1. The SMILES string of the molecule is COC(=O)C[C@H](c1oc(CSc2ccccc2F)cc(=O)c1O)C(C)C. The van der Waals surface area contributed by atoms with Gasteiger partial charge >= 0.3 is 5.97 Å². The van der Waals surface area contributed by atoms with Crippen LogP contribution in [0.15, 0.2) is 44.4 Å². The summed E-state index contributed by atoms with van der Waals surface area (Å²) >= 11 is 1.18. The number of halogens is 1. The first-order valence-electron chi connectivity index (χ1n) is 8.13. The van der Waals surface area contributed by atoms with Crippen LogP contribution in [0.3, 0.4) is 0 Å². The van der Waals surface area contributed by atoms with Gasteiger partial charge in [0, 0.05) is 16.9 Å². The summed E-state index contributed by atoms with van der Waals surface area (Å²) in [5.74, 6) is -1.33. The highest BCUT2D eigenvalue weighted by Gasteiger charge is 2.27. The van der Waals surface area contributed by atoms with Crippen molar-refractivity contribution in [3.05, 3.63) is 57.9 Å². The van der Waals surface area contributed by atoms with E-state index in [1.165, 1.54) is 31.0 Å². The number of thioether (sulfide) groups is 1. The van der Waals surface area contributed by atoms with Gasteiger partial charge in [0.15, 0.2) is 5.76 Å². The number of carbonyl (C=O) groups is 1. The number of esters is 1. The van der Waals surface area contributed by atoms with Crippen molar-refractivity contribution in [3.63, 3.8) is 0 Å². The molecule has 0 unspecified atom stereocenters. The van der Waals surface area contributed by atoms with E-state index in [0.717, 1.165) is 0 Å². The largest absolute Gasteiger partial charge is 0.502 e. The lowest BCUT2D eigenvalue weighted by molar-refractivity contribution is -0.141. The lowest BCUT2D eigenvalue weighted by Gasteiger charge is -2.20. The third-order valence-electron chi connectivity index (χ3n) is 3.96. The summed E-state index contributed by atoms with van der Waals surface area (Å²) in [7, 11) is 1.28. The molecular weight excluding hydrogens is 359 g/mol. The Kier molecular flexibility index (Phi) is 6.85. The monoisotopic (exact) mass is 380 g/mol. The van der Waals surface area contributed by atoms with Gasteiger partial charge in [-0.3, -0.25) is 9.59 Å². The molecule has 0 saturated carbocycles. The van der Waals surface area contributed by atoms with E-state index in [-0.39, 0.29) is 29.7 Å². The van der Waals surface area contributed by atoms with Crippen molar-refractivity contribution in [2.45, 2.75) is 36.8 Å². The van der Waals surface area contributed by atoms with E-state index in [2.05, 4.69) is 4.74 Å². The smallest absolute Gasteiger partial charge is 0.306 e. The average Bonchev–Trinajstić information content (AvgIpc) is 2.61. The topological polar surface area (TPSA) is 76.7 Å². The van der Waals surface area contributed by atoms with Gasteiger partial charge < -0.3 is 14.3 Å². The van der Waals surface area contributed by atoms with Crippen molar-refractivity contribution in [2.75, 3.05) is 7.11 Å². The van der Waals surface area contributed by atoms with Crippen molar-refractivity contribution in [2.24, 2.45) is 5.92 Å². The maximum atomic E-state index is 13.7. The fourth-order valence-corrected chi connectivity index (χ4v) is 3.30. The predicted octanol–water partition coefficient (Wildman–Crippen LogP) is 4.08. The van der Waals surface area contributed by atoms with E-state index in [0.29, 0.717) is 10.7 Å². The molecule has 0 bridgehead atoms. The summed E-state index contributed by atoms with van der Waals surface area (Å²) in [5.41, 5.74) is -0.592. The minimum absolute atomic E-state index is 0.0193. The zero-order chi connectivity index (χ0) is 19.3. The van der Waals surface area contributed by atoms with Crippen LogP contribution in [0.25, 0.3) is 0 Å². The summed E-state index contributed by atoms with van der Waals surface area (Å²) in [6, 6.07) is 7.48. The van der Waals surface area contributed by atoms with Crippen molar-refractivity contribution >= 4 is 17.7 Å². The standard InChI is InChI=1S/C19H21FO5S/c1-11(2)13(9-17(22)24-3)19-18(23)15(21)8-12(25-19)10-26-16-7-5-4-6-14(16)20/h4-8,11,13,23H,9-10H2,1-3H3/t13-/m0/s1. The molecule has 0 saturated heterocycles. The lowest BCUT2D eigenvalue weighted by atomic mass is 9.89.